The average molecular weight is 353 g/mol. The lowest BCUT2D eigenvalue weighted by Gasteiger charge is -2.44. The first kappa shape index (κ1) is 17.9. The molecule has 1 aliphatic rings. The van der Waals surface area contributed by atoms with Gasteiger partial charge in [0.05, 0.1) is 11.6 Å². The Hall–Kier alpha value is -2.89. The lowest BCUT2D eigenvalue weighted by molar-refractivity contribution is -0.117. The van der Waals surface area contributed by atoms with Crippen LogP contribution in [0.5, 0.6) is 0 Å². The van der Waals surface area contributed by atoms with Gasteiger partial charge in [-0.25, -0.2) is 9.78 Å². The fourth-order valence-corrected chi connectivity index (χ4v) is 3.62. The number of fused-ring (bicyclic) bond motifs is 1. The van der Waals surface area contributed by atoms with Crippen molar-refractivity contribution in [2.45, 2.75) is 39.8 Å². The number of carbonyl (C=O) groups is 2. The van der Waals surface area contributed by atoms with Gasteiger partial charge in [-0.05, 0) is 49.7 Å². The van der Waals surface area contributed by atoms with Crippen molar-refractivity contribution < 1.29 is 14.7 Å². The van der Waals surface area contributed by atoms with Crippen LogP contribution in [-0.4, -0.2) is 28.0 Å². The van der Waals surface area contributed by atoms with E-state index in [9.17, 15) is 14.7 Å². The van der Waals surface area contributed by atoms with Crippen LogP contribution in [0, 0.1) is 12.8 Å². The van der Waals surface area contributed by atoms with E-state index >= 15 is 0 Å². The van der Waals surface area contributed by atoms with Crippen molar-refractivity contribution in [3.05, 3.63) is 53.2 Å². The minimum Gasteiger partial charge on any atom is -0.478 e. The molecule has 136 valence electrons. The largest absolute Gasteiger partial charge is 0.478 e. The highest BCUT2D eigenvalue weighted by atomic mass is 16.4. The van der Waals surface area contributed by atoms with Gasteiger partial charge in [0.1, 0.15) is 5.82 Å². The minimum atomic E-state index is -0.985. The average Bonchev–Trinajstić information content (AvgIpc) is 2.58. The smallest absolute Gasteiger partial charge is 0.335 e. The summed E-state index contributed by atoms with van der Waals surface area (Å²) in [5.74, 6) is -0.239. The normalized spacial score (nSPS) is 21.8. The van der Waals surface area contributed by atoms with Gasteiger partial charge in [-0.1, -0.05) is 13.0 Å². The van der Waals surface area contributed by atoms with E-state index in [2.05, 4.69) is 17.2 Å². The lowest BCUT2D eigenvalue weighted by atomic mass is 9.82. The van der Waals surface area contributed by atoms with Crippen molar-refractivity contribution in [1.82, 2.24) is 4.98 Å². The maximum atomic E-state index is 12.2. The number of carboxylic acid groups (broad SMARTS) is 1. The Labute approximate surface area is 152 Å². The van der Waals surface area contributed by atoms with Crippen LogP contribution < -0.4 is 10.2 Å². The minimum absolute atomic E-state index is 0.0296. The summed E-state index contributed by atoms with van der Waals surface area (Å²) < 4.78 is 0. The third-order valence-corrected chi connectivity index (χ3v) is 5.09. The molecule has 2 N–H and O–H groups in total. The number of hydrogen-bond donors (Lipinski definition) is 2. The SMILES string of the molecule is CC(=O)N1c2ccc(C(=O)O)cc2C(Nc2cccc(C)n2)[C@@H](C)[C@@H]1C. The summed E-state index contributed by atoms with van der Waals surface area (Å²) in [6.07, 6.45) is 0. The number of carboxylic acids is 1. The molecule has 6 nitrogen and oxygen atoms in total. The summed E-state index contributed by atoms with van der Waals surface area (Å²) in [7, 11) is 0. The number of pyridine rings is 1. The number of amides is 1. The van der Waals surface area contributed by atoms with Gasteiger partial charge in [0, 0.05) is 30.3 Å². The van der Waals surface area contributed by atoms with Gasteiger partial charge in [0.15, 0.2) is 0 Å². The third kappa shape index (κ3) is 3.14. The molecule has 0 bridgehead atoms. The highest BCUT2D eigenvalue weighted by molar-refractivity contribution is 5.95. The Morgan fingerprint density at radius 2 is 1.92 bits per heavy atom. The molecular weight excluding hydrogens is 330 g/mol. The van der Waals surface area contributed by atoms with Crippen LogP contribution in [0.3, 0.4) is 0 Å². The standard InChI is InChI=1S/C20H23N3O3/c1-11-6-5-7-18(21-11)22-19-12(2)13(3)23(14(4)24)17-9-8-15(20(25)26)10-16(17)19/h5-10,12-13,19H,1-4H3,(H,21,22)(H,25,26)/t12-,13-,19?/m0/s1. The number of nitrogens with one attached hydrogen (secondary N) is 1. The van der Waals surface area contributed by atoms with Crippen LogP contribution in [0.25, 0.3) is 0 Å². The second-order valence-corrected chi connectivity index (χ2v) is 6.85. The summed E-state index contributed by atoms with van der Waals surface area (Å²) in [4.78, 5) is 29.9. The first-order chi connectivity index (χ1) is 12.3. The van der Waals surface area contributed by atoms with Gasteiger partial charge < -0.3 is 15.3 Å². The second-order valence-electron chi connectivity index (χ2n) is 6.85. The monoisotopic (exact) mass is 353 g/mol. The van der Waals surface area contributed by atoms with Crippen LogP contribution in [0.1, 0.15) is 48.4 Å². The van der Waals surface area contributed by atoms with Crippen molar-refractivity contribution in [3.63, 3.8) is 0 Å². The van der Waals surface area contributed by atoms with Crippen molar-refractivity contribution in [2.24, 2.45) is 5.92 Å². The second kappa shape index (κ2) is 6.78. The fraction of sp³-hybridized carbons (Fsp3) is 0.350. The molecule has 0 saturated carbocycles. The molecule has 3 atom stereocenters. The molecule has 1 unspecified atom stereocenters. The van der Waals surface area contributed by atoms with Gasteiger partial charge in [-0.15, -0.1) is 0 Å². The van der Waals surface area contributed by atoms with Crippen LogP contribution in [0.2, 0.25) is 0 Å². The zero-order chi connectivity index (χ0) is 19.0. The maximum absolute atomic E-state index is 12.2. The number of rotatable bonds is 3. The topological polar surface area (TPSA) is 82.5 Å². The van der Waals surface area contributed by atoms with Crippen molar-refractivity contribution in [3.8, 4) is 0 Å². The number of nitrogens with zero attached hydrogens (tertiary/aromatic N) is 2. The quantitative estimate of drug-likeness (QED) is 0.880. The molecule has 1 amide bonds. The molecule has 1 aliphatic heterocycles. The number of hydrogen-bond acceptors (Lipinski definition) is 4. The third-order valence-electron chi connectivity index (χ3n) is 5.09. The van der Waals surface area contributed by atoms with E-state index in [-0.39, 0.29) is 29.5 Å². The molecule has 1 aromatic carbocycles. The number of benzene rings is 1. The van der Waals surface area contributed by atoms with Crippen LogP contribution in [-0.2, 0) is 4.79 Å². The number of aromatic nitrogens is 1. The first-order valence-corrected chi connectivity index (χ1v) is 8.67. The van der Waals surface area contributed by atoms with E-state index in [4.69, 9.17) is 0 Å². The summed E-state index contributed by atoms with van der Waals surface area (Å²) in [5, 5.41) is 12.8. The Bertz CT molecular complexity index is 865. The Morgan fingerprint density at radius 3 is 2.54 bits per heavy atom. The molecule has 0 radical (unpaired) electrons. The number of anilines is 2. The fourth-order valence-electron chi connectivity index (χ4n) is 3.62. The highest BCUT2D eigenvalue weighted by Crippen LogP contribution is 2.42. The molecule has 6 heteroatoms. The van der Waals surface area contributed by atoms with Gasteiger partial charge in [-0.2, -0.15) is 0 Å². The van der Waals surface area contributed by atoms with Crippen LogP contribution in [0.4, 0.5) is 11.5 Å². The summed E-state index contributed by atoms with van der Waals surface area (Å²) in [5.41, 5.74) is 2.65. The lowest BCUT2D eigenvalue weighted by Crippen LogP contribution is -2.48. The molecule has 2 aromatic rings. The van der Waals surface area contributed by atoms with Crippen molar-refractivity contribution in [2.75, 3.05) is 10.2 Å². The van der Waals surface area contributed by atoms with Gasteiger partial charge >= 0.3 is 5.97 Å². The Balaban J connectivity index is 2.11. The molecule has 0 spiro atoms. The number of aryl methyl sites for hydroxylation is 1. The number of aromatic carboxylic acids is 1. The summed E-state index contributed by atoms with van der Waals surface area (Å²) in [6, 6.07) is 10.5. The van der Waals surface area contributed by atoms with Gasteiger partial charge in [0.2, 0.25) is 5.91 Å². The Morgan fingerprint density at radius 1 is 1.19 bits per heavy atom. The van der Waals surface area contributed by atoms with Gasteiger partial charge in [0.25, 0.3) is 0 Å². The van der Waals surface area contributed by atoms with E-state index in [1.54, 1.807) is 23.1 Å². The Kier molecular flexibility index (Phi) is 4.68. The van der Waals surface area contributed by atoms with Gasteiger partial charge in [-0.3, -0.25) is 4.79 Å². The highest BCUT2D eigenvalue weighted by Gasteiger charge is 2.38. The zero-order valence-electron chi connectivity index (χ0n) is 15.4. The molecule has 0 aliphatic carbocycles. The molecule has 2 heterocycles. The summed E-state index contributed by atoms with van der Waals surface area (Å²) in [6.45, 7) is 7.53. The molecule has 0 saturated heterocycles. The maximum Gasteiger partial charge on any atom is 0.335 e. The van der Waals surface area contributed by atoms with E-state index in [0.29, 0.717) is 0 Å². The number of carbonyl (C=O) groups excluding carboxylic acids is 1. The first-order valence-electron chi connectivity index (χ1n) is 8.67. The molecule has 0 fully saturated rings. The van der Waals surface area contributed by atoms with E-state index in [1.807, 2.05) is 32.0 Å². The molecule has 1 aromatic heterocycles. The van der Waals surface area contributed by atoms with Crippen LogP contribution >= 0.6 is 0 Å². The molecular formula is C20H23N3O3. The predicted molar refractivity (Wildman–Crippen MR) is 101 cm³/mol. The van der Waals surface area contributed by atoms with E-state index in [0.717, 1.165) is 22.8 Å². The molecule has 3 rings (SSSR count). The summed E-state index contributed by atoms with van der Waals surface area (Å²) >= 11 is 0. The molecule has 26 heavy (non-hydrogen) atoms. The van der Waals surface area contributed by atoms with E-state index in [1.165, 1.54) is 6.92 Å². The predicted octanol–water partition coefficient (Wildman–Crippen LogP) is 3.63. The van der Waals surface area contributed by atoms with E-state index < -0.39 is 5.97 Å². The van der Waals surface area contributed by atoms with Crippen molar-refractivity contribution >= 4 is 23.4 Å². The van der Waals surface area contributed by atoms with Crippen molar-refractivity contribution in [1.29, 1.82) is 0 Å². The van der Waals surface area contributed by atoms with Crippen LogP contribution in [0.15, 0.2) is 36.4 Å². The zero-order valence-corrected chi connectivity index (χ0v) is 15.4.